The molecule has 1 aliphatic carbocycles. The molecule has 5 heteroatoms. The Morgan fingerprint density at radius 2 is 2.23 bits per heavy atom. The number of rotatable bonds is 6. The number of benzene rings is 1. The second-order valence-corrected chi connectivity index (χ2v) is 5.76. The van der Waals surface area contributed by atoms with Gasteiger partial charge in [-0.05, 0) is 30.4 Å². The van der Waals surface area contributed by atoms with E-state index in [1.807, 2.05) is 6.92 Å². The van der Waals surface area contributed by atoms with Crippen molar-refractivity contribution in [2.45, 2.75) is 45.2 Å². The second kappa shape index (κ2) is 7.03. The van der Waals surface area contributed by atoms with Gasteiger partial charge in [-0.25, -0.2) is 0 Å². The molecular formula is C17H23N3O2. The summed E-state index contributed by atoms with van der Waals surface area (Å²) in [4.78, 5) is 6.67. The van der Waals surface area contributed by atoms with Crippen molar-refractivity contribution < 1.29 is 9.63 Å². The first-order valence-corrected chi connectivity index (χ1v) is 8.06. The van der Waals surface area contributed by atoms with Gasteiger partial charge in [0.05, 0.1) is 13.2 Å². The Morgan fingerprint density at radius 3 is 3.00 bits per heavy atom. The van der Waals surface area contributed by atoms with Gasteiger partial charge in [0.15, 0.2) is 5.82 Å². The van der Waals surface area contributed by atoms with E-state index in [4.69, 9.17) is 4.52 Å². The smallest absolute Gasteiger partial charge is 0.226 e. The van der Waals surface area contributed by atoms with Gasteiger partial charge < -0.3 is 9.63 Å². The molecule has 0 radical (unpaired) electrons. The molecule has 0 bridgehead atoms. The van der Waals surface area contributed by atoms with Crippen LogP contribution in [0.15, 0.2) is 28.8 Å². The summed E-state index contributed by atoms with van der Waals surface area (Å²) in [6.45, 7) is 3.37. The minimum Gasteiger partial charge on any atom is -0.395 e. The molecule has 0 aliphatic heterocycles. The summed E-state index contributed by atoms with van der Waals surface area (Å²) in [6.07, 6.45) is 4.17. The van der Waals surface area contributed by atoms with Crippen LogP contribution in [0.3, 0.4) is 0 Å². The fourth-order valence-electron chi connectivity index (χ4n) is 3.26. The van der Waals surface area contributed by atoms with Crippen LogP contribution in [0, 0.1) is 0 Å². The first kappa shape index (κ1) is 15.2. The maximum atomic E-state index is 9.44. The van der Waals surface area contributed by atoms with Gasteiger partial charge in [-0.15, -0.1) is 0 Å². The van der Waals surface area contributed by atoms with Crippen LogP contribution in [0.4, 0.5) is 0 Å². The number of nitrogens with zero attached hydrogens (tertiary/aromatic N) is 3. The maximum Gasteiger partial charge on any atom is 0.226 e. The Labute approximate surface area is 131 Å². The molecule has 1 aromatic carbocycles. The standard InChI is InChI=1S/C17H23N3O2/c1-2-17-18-16(19-22-17)12-20(10-11-21)15-9-5-7-13-6-3-4-8-14(13)15/h3-4,6,8,15,21H,2,5,7,9-12H2,1H3. The number of fused-ring (bicyclic) bond motifs is 1. The van der Waals surface area contributed by atoms with E-state index in [9.17, 15) is 5.11 Å². The van der Waals surface area contributed by atoms with E-state index in [0.29, 0.717) is 30.8 Å². The van der Waals surface area contributed by atoms with Crippen LogP contribution in [-0.4, -0.2) is 33.3 Å². The fourth-order valence-corrected chi connectivity index (χ4v) is 3.26. The molecule has 1 aliphatic rings. The number of hydrogen-bond donors (Lipinski definition) is 1. The van der Waals surface area contributed by atoms with Gasteiger partial charge in [-0.2, -0.15) is 4.98 Å². The van der Waals surface area contributed by atoms with Crippen molar-refractivity contribution in [2.75, 3.05) is 13.2 Å². The second-order valence-electron chi connectivity index (χ2n) is 5.76. The highest BCUT2D eigenvalue weighted by molar-refractivity contribution is 5.32. The van der Waals surface area contributed by atoms with Crippen molar-refractivity contribution in [3.63, 3.8) is 0 Å². The monoisotopic (exact) mass is 301 g/mol. The van der Waals surface area contributed by atoms with Crippen molar-refractivity contribution in [2.24, 2.45) is 0 Å². The number of aliphatic hydroxyl groups is 1. The van der Waals surface area contributed by atoms with Gasteiger partial charge in [-0.1, -0.05) is 36.3 Å². The van der Waals surface area contributed by atoms with Crippen molar-refractivity contribution in [3.8, 4) is 0 Å². The Hall–Kier alpha value is -1.72. The molecular weight excluding hydrogens is 278 g/mol. The Balaban J connectivity index is 1.82. The first-order valence-electron chi connectivity index (χ1n) is 8.06. The molecule has 1 aromatic heterocycles. The predicted octanol–water partition coefficient (Wildman–Crippen LogP) is 2.50. The van der Waals surface area contributed by atoms with Crippen LogP contribution in [-0.2, 0) is 19.4 Å². The van der Waals surface area contributed by atoms with Gasteiger partial charge in [0.2, 0.25) is 5.89 Å². The summed E-state index contributed by atoms with van der Waals surface area (Å²) < 4.78 is 5.20. The van der Waals surface area contributed by atoms with Crippen LogP contribution in [0.25, 0.3) is 0 Å². The molecule has 118 valence electrons. The van der Waals surface area contributed by atoms with Crippen molar-refractivity contribution in [1.29, 1.82) is 0 Å². The highest BCUT2D eigenvalue weighted by atomic mass is 16.5. The number of aromatic nitrogens is 2. The Bertz CT molecular complexity index is 611. The van der Waals surface area contributed by atoms with Gasteiger partial charge in [0.25, 0.3) is 0 Å². The Morgan fingerprint density at radius 1 is 1.36 bits per heavy atom. The van der Waals surface area contributed by atoms with E-state index < -0.39 is 0 Å². The lowest BCUT2D eigenvalue weighted by atomic mass is 9.87. The van der Waals surface area contributed by atoms with Crippen molar-refractivity contribution in [1.82, 2.24) is 15.0 Å². The summed E-state index contributed by atoms with van der Waals surface area (Å²) >= 11 is 0. The quantitative estimate of drug-likeness (QED) is 0.888. The summed E-state index contributed by atoms with van der Waals surface area (Å²) in [5, 5.41) is 13.5. The highest BCUT2D eigenvalue weighted by Crippen LogP contribution is 2.34. The molecule has 0 saturated heterocycles. The minimum atomic E-state index is 0.136. The molecule has 3 rings (SSSR count). The van der Waals surface area contributed by atoms with E-state index in [1.165, 1.54) is 17.5 Å². The third kappa shape index (κ3) is 3.20. The molecule has 5 nitrogen and oxygen atoms in total. The van der Waals surface area contributed by atoms with Crippen LogP contribution in [0.2, 0.25) is 0 Å². The predicted molar refractivity (Wildman–Crippen MR) is 83.3 cm³/mol. The van der Waals surface area contributed by atoms with Crippen molar-refractivity contribution >= 4 is 0 Å². The molecule has 0 spiro atoms. The normalized spacial score (nSPS) is 17.7. The molecule has 1 heterocycles. The van der Waals surface area contributed by atoms with Gasteiger partial charge >= 0.3 is 0 Å². The fraction of sp³-hybridized carbons (Fsp3) is 0.529. The molecule has 0 fully saturated rings. The van der Waals surface area contributed by atoms with E-state index in [-0.39, 0.29) is 6.61 Å². The van der Waals surface area contributed by atoms with E-state index in [1.54, 1.807) is 0 Å². The van der Waals surface area contributed by atoms with Crippen LogP contribution in [0.1, 0.15) is 48.6 Å². The SMILES string of the molecule is CCc1nc(CN(CCO)C2CCCc3ccccc32)no1. The molecule has 0 saturated carbocycles. The van der Waals surface area contributed by atoms with E-state index in [0.717, 1.165) is 19.3 Å². The zero-order chi connectivity index (χ0) is 15.4. The number of hydrogen-bond acceptors (Lipinski definition) is 5. The maximum absolute atomic E-state index is 9.44. The molecule has 1 unspecified atom stereocenters. The third-order valence-corrected chi connectivity index (χ3v) is 4.32. The number of aliphatic hydroxyl groups excluding tert-OH is 1. The van der Waals surface area contributed by atoms with Gasteiger partial charge in [0.1, 0.15) is 0 Å². The Kier molecular flexibility index (Phi) is 4.85. The lowest BCUT2D eigenvalue weighted by Crippen LogP contribution is -2.33. The largest absolute Gasteiger partial charge is 0.395 e. The van der Waals surface area contributed by atoms with E-state index in [2.05, 4.69) is 39.3 Å². The third-order valence-electron chi connectivity index (χ3n) is 4.32. The minimum absolute atomic E-state index is 0.136. The summed E-state index contributed by atoms with van der Waals surface area (Å²) in [6, 6.07) is 8.93. The first-order chi connectivity index (χ1) is 10.8. The van der Waals surface area contributed by atoms with Gasteiger partial charge in [0, 0.05) is 19.0 Å². The average molecular weight is 301 g/mol. The molecule has 0 amide bonds. The zero-order valence-electron chi connectivity index (χ0n) is 13.0. The zero-order valence-corrected chi connectivity index (χ0v) is 13.0. The number of aryl methyl sites for hydroxylation is 2. The van der Waals surface area contributed by atoms with Crippen LogP contribution >= 0.6 is 0 Å². The van der Waals surface area contributed by atoms with Crippen molar-refractivity contribution in [3.05, 3.63) is 47.1 Å². The lowest BCUT2D eigenvalue weighted by molar-refractivity contribution is 0.127. The topological polar surface area (TPSA) is 62.4 Å². The molecule has 2 aromatic rings. The molecule has 1 atom stereocenters. The van der Waals surface area contributed by atoms with E-state index >= 15 is 0 Å². The van der Waals surface area contributed by atoms with Crippen LogP contribution < -0.4 is 0 Å². The van der Waals surface area contributed by atoms with Gasteiger partial charge in [-0.3, -0.25) is 4.90 Å². The summed E-state index contributed by atoms with van der Waals surface area (Å²) in [5.41, 5.74) is 2.80. The summed E-state index contributed by atoms with van der Waals surface area (Å²) in [7, 11) is 0. The highest BCUT2D eigenvalue weighted by Gasteiger charge is 2.26. The molecule has 1 N–H and O–H groups in total. The molecule has 22 heavy (non-hydrogen) atoms. The summed E-state index contributed by atoms with van der Waals surface area (Å²) in [5.74, 6) is 1.37. The average Bonchev–Trinajstić information content (AvgIpc) is 3.02. The lowest BCUT2D eigenvalue weighted by Gasteiger charge is -2.34. The van der Waals surface area contributed by atoms with Crippen LogP contribution in [0.5, 0.6) is 0 Å².